The molecule has 0 atom stereocenters. The number of nitrogen functional groups attached to an aromatic ring is 1. The third-order valence-electron chi connectivity index (χ3n) is 2.52. The van der Waals surface area contributed by atoms with Crippen LogP contribution in [0.1, 0.15) is 13.8 Å². The van der Waals surface area contributed by atoms with E-state index in [-0.39, 0.29) is 29.9 Å². The number of nitrogens with two attached hydrogens (primary N) is 3. The zero-order valence-corrected chi connectivity index (χ0v) is 13.2. The molecule has 6 nitrogen and oxygen atoms in total. The molecule has 0 bridgehead atoms. The van der Waals surface area contributed by atoms with Gasteiger partial charge in [-0.1, -0.05) is 6.07 Å². The summed E-state index contributed by atoms with van der Waals surface area (Å²) in [5.74, 6) is 0.501. The van der Waals surface area contributed by atoms with Crippen molar-refractivity contribution in [3.8, 4) is 0 Å². The van der Waals surface area contributed by atoms with Crippen molar-refractivity contribution < 1.29 is 0 Å². The fourth-order valence-electron chi connectivity index (χ4n) is 1.92. The van der Waals surface area contributed by atoms with Crippen LogP contribution in [-0.2, 0) is 0 Å². The SMILES string of the molecule is CC1(C)N=C(N)N=C(N)N1c1cccc(N)c1.[Sn]. The smallest absolute Gasteiger partial charge is 0.220 e. The average Bonchev–Trinajstić information content (AvgIpc) is 2.13. The molecule has 1 heterocycles. The molecule has 0 unspecified atom stereocenters. The van der Waals surface area contributed by atoms with Gasteiger partial charge in [0.1, 0.15) is 5.66 Å². The minimum Gasteiger partial charge on any atom is -0.399 e. The molecule has 0 saturated heterocycles. The number of hydrogen-bond donors (Lipinski definition) is 3. The normalized spacial score (nSPS) is 17.6. The van der Waals surface area contributed by atoms with Gasteiger partial charge in [0.05, 0.1) is 0 Å². The Balaban J connectivity index is 0.00000162. The number of hydrogen-bond acceptors (Lipinski definition) is 6. The van der Waals surface area contributed by atoms with Crippen molar-refractivity contribution in [2.75, 3.05) is 10.6 Å². The van der Waals surface area contributed by atoms with Gasteiger partial charge < -0.3 is 17.2 Å². The van der Waals surface area contributed by atoms with Crippen molar-refractivity contribution in [3.63, 3.8) is 0 Å². The fraction of sp³-hybridized carbons (Fsp3) is 0.273. The van der Waals surface area contributed by atoms with Crippen LogP contribution in [0.25, 0.3) is 0 Å². The zero-order valence-electron chi connectivity index (χ0n) is 10.4. The van der Waals surface area contributed by atoms with Gasteiger partial charge >= 0.3 is 0 Å². The first-order valence-electron chi connectivity index (χ1n) is 5.25. The first-order valence-corrected chi connectivity index (χ1v) is 5.25. The molecule has 6 N–H and O–H groups in total. The van der Waals surface area contributed by atoms with E-state index in [4.69, 9.17) is 17.2 Å². The molecule has 1 aromatic carbocycles. The molecule has 0 aliphatic carbocycles. The summed E-state index contributed by atoms with van der Waals surface area (Å²) < 4.78 is 0. The number of guanidine groups is 2. The summed E-state index contributed by atoms with van der Waals surface area (Å²) >= 11 is 0. The third-order valence-corrected chi connectivity index (χ3v) is 2.52. The van der Waals surface area contributed by atoms with Gasteiger partial charge in [0.15, 0.2) is 0 Å². The molecular weight excluding hydrogens is 335 g/mol. The van der Waals surface area contributed by atoms with Gasteiger partial charge in [-0.15, -0.1) is 0 Å². The molecule has 0 saturated carbocycles. The second-order valence-electron chi connectivity index (χ2n) is 4.36. The van der Waals surface area contributed by atoms with Crippen LogP contribution in [0.3, 0.4) is 0 Å². The summed E-state index contributed by atoms with van der Waals surface area (Å²) in [6.07, 6.45) is 0. The Morgan fingerprint density at radius 1 is 1.17 bits per heavy atom. The molecule has 1 aromatic rings. The number of aliphatic imine (C=N–C) groups is 2. The van der Waals surface area contributed by atoms with Crippen LogP contribution in [0.2, 0.25) is 0 Å². The topological polar surface area (TPSA) is 106 Å². The summed E-state index contributed by atoms with van der Waals surface area (Å²) in [6, 6.07) is 7.39. The molecule has 0 spiro atoms. The predicted octanol–water partition coefficient (Wildman–Crippen LogP) is 0.0735. The van der Waals surface area contributed by atoms with Gasteiger partial charge in [-0.25, -0.2) is 4.99 Å². The molecule has 4 radical (unpaired) electrons. The predicted molar refractivity (Wildman–Crippen MR) is 76.4 cm³/mol. The molecule has 0 fully saturated rings. The van der Waals surface area contributed by atoms with E-state index in [2.05, 4.69) is 9.98 Å². The van der Waals surface area contributed by atoms with Crippen molar-refractivity contribution in [3.05, 3.63) is 24.3 Å². The number of anilines is 2. The second kappa shape index (κ2) is 5.05. The number of rotatable bonds is 1. The van der Waals surface area contributed by atoms with Crippen molar-refractivity contribution in [1.82, 2.24) is 0 Å². The number of nitrogens with zero attached hydrogens (tertiary/aromatic N) is 3. The standard InChI is InChI=1S/C11H16N6.Sn/c1-11(2)16-9(13)15-10(14)17(11)8-5-3-4-7(12)6-8;/h3-6H,12H2,1-2H3,(H4,13,14,15,16);. The summed E-state index contributed by atoms with van der Waals surface area (Å²) in [6.45, 7) is 3.81. The van der Waals surface area contributed by atoms with Gasteiger partial charge in [-0.05, 0) is 32.0 Å². The fourth-order valence-corrected chi connectivity index (χ4v) is 1.92. The van der Waals surface area contributed by atoms with Crippen LogP contribution in [0, 0.1) is 0 Å². The van der Waals surface area contributed by atoms with E-state index in [0.29, 0.717) is 11.6 Å². The van der Waals surface area contributed by atoms with Gasteiger partial charge in [-0.3, -0.25) is 4.90 Å². The van der Waals surface area contributed by atoms with E-state index in [1.165, 1.54) is 0 Å². The van der Waals surface area contributed by atoms with Gasteiger partial charge in [0.25, 0.3) is 0 Å². The monoisotopic (exact) mass is 352 g/mol. The minimum atomic E-state index is -0.580. The molecule has 0 amide bonds. The molecule has 1 aliphatic rings. The Hall–Kier alpha value is -1.44. The maximum Gasteiger partial charge on any atom is 0.220 e. The Morgan fingerprint density at radius 2 is 1.83 bits per heavy atom. The van der Waals surface area contributed by atoms with Crippen molar-refractivity contribution in [2.45, 2.75) is 19.5 Å². The van der Waals surface area contributed by atoms with Gasteiger partial charge in [0.2, 0.25) is 11.9 Å². The molecule has 1 aliphatic heterocycles. The molecule has 94 valence electrons. The van der Waals surface area contributed by atoms with Crippen molar-refractivity contribution in [1.29, 1.82) is 0 Å². The first-order chi connectivity index (χ1) is 7.90. The van der Waals surface area contributed by atoms with E-state index in [1.54, 1.807) is 4.90 Å². The van der Waals surface area contributed by atoms with Crippen LogP contribution >= 0.6 is 0 Å². The first kappa shape index (κ1) is 14.6. The van der Waals surface area contributed by atoms with E-state index in [1.807, 2.05) is 38.1 Å². The van der Waals surface area contributed by atoms with E-state index >= 15 is 0 Å². The van der Waals surface area contributed by atoms with Crippen LogP contribution in [0.15, 0.2) is 34.3 Å². The third kappa shape index (κ3) is 2.69. The van der Waals surface area contributed by atoms with Crippen molar-refractivity contribution in [2.24, 2.45) is 21.5 Å². The van der Waals surface area contributed by atoms with E-state index in [9.17, 15) is 0 Å². The van der Waals surface area contributed by atoms with Crippen LogP contribution in [0.5, 0.6) is 0 Å². The van der Waals surface area contributed by atoms with Gasteiger partial charge in [0, 0.05) is 35.3 Å². The molecule has 0 aromatic heterocycles. The Labute approximate surface area is 123 Å². The van der Waals surface area contributed by atoms with E-state index < -0.39 is 5.66 Å². The summed E-state index contributed by atoms with van der Waals surface area (Å²) in [4.78, 5) is 10.0. The Morgan fingerprint density at radius 3 is 2.39 bits per heavy atom. The maximum absolute atomic E-state index is 5.90. The van der Waals surface area contributed by atoms with Crippen molar-refractivity contribution >= 4 is 47.2 Å². The number of benzene rings is 1. The van der Waals surface area contributed by atoms with Crippen LogP contribution in [0.4, 0.5) is 11.4 Å². The quantitative estimate of drug-likeness (QED) is 0.492. The molecule has 18 heavy (non-hydrogen) atoms. The molecule has 7 heteroatoms. The zero-order chi connectivity index (χ0) is 12.6. The van der Waals surface area contributed by atoms with E-state index in [0.717, 1.165) is 5.69 Å². The summed E-state index contributed by atoms with van der Waals surface area (Å²) in [7, 11) is 0. The summed E-state index contributed by atoms with van der Waals surface area (Å²) in [5.41, 5.74) is 18.2. The van der Waals surface area contributed by atoms with Crippen LogP contribution in [-0.4, -0.2) is 41.5 Å². The van der Waals surface area contributed by atoms with Gasteiger partial charge in [-0.2, -0.15) is 4.99 Å². The van der Waals surface area contributed by atoms with Crippen LogP contribution < -0.4 is 22.1 Å². The Bertz CT molecular complexity index is 508. The minimum absolute atomic E-state index is 0. The molecule has 2 rings (SSSR count). The molecular formula is C11H16N6Sn. The average molecular weight is 351 g/mol. The largest absolute Gasteiger partial charge is 0.399 e. The maximum atomic E-state index is 5.90. The second-order valence-corrected chi connectivity index (χ2v) is 4.36. The Kier molecular flexibility index (Phi) is 4.10. The summed E-state index contributed by atoms with van der Waals surface area (Å²) in [5, 5.41) is 0.